The van der Waals surface area contributed by atoms with E-state index in [1.54, 1.807) is 13.8 Å². The lowest BCUT2D eigenvalue weighted by Gasteiger charge is -2.09. The molecule has 0 unspecified atom stereocenters. The Bertz CT molecular complexity index is 1040. The van der Waals surface area contributed by atoms with Crippen LogP contribution in [-0.2, 0) is 35.4 Å². The summed E-state index contributed by atoms with van der Waals surface area (Å²) < 4.78 is 15.8. The average Bonchev–Trinajstić information content (AvgIpc) is 3.18. The second-order valence-corrected chi connectivity index (χ2v) is 6.70. The van der Waals surface area contributed by atoms with Gasteiger partial charge in [0, 0.05) is 22.6 Å². The number of carbonyl (C=O) groups is 1. The molecule has 0 bridgehead atoms. The number of fused-ring (bicyclic) bond motifs is 2. The predicted octanol–water partition coefficient (Wildman–Crippen LogP) is 3.17. The number of carbonyl (C=O) groups excluding carboxylic acids is 1. The Morgan fingerprint density at radius 2 is 1.96 bits per heavy atom. The van der Waals surface area contributed by atoms with Crippen molar-refractivity contribution in [2.75, 3.05) is 0 Å². The van der Waals surface area contributed by atoms with Crippen molar-refractivity contribution < 1.29 is 18.5 Å². The minimum Gasteiger partial charge on any atom is -0.461 e. The molecule has 0 atom stereocenters. The van der Waals surface area contributed by atoms with E-state index in [0.717, 1.165) is 30.2 Å². The first-order chi connectivity index (χ1) is 12.5. The predicted molar refractivity (Wildman–Crippen MR) is 94.0 cm³/mol. The molecule has 2 aromatic heterocycles. The van der Waals surface area contributed by atoms with Gasteiger partial charge in [0.25, 0.3) is 0 Å². The standard InChI is InChI=1S/C20H19NO5/c1-11-16(12(2)26-21-11)9-19(22)24-10-15-8-20(23)25-18-7-14-5-3-4-13(14)6-17(15)18/h6-8H,3-5,9-10H2,1-2H3. The summed E-state index contributed by atoms with van der Waals surface area (Å²) in [6.45, 7) is 3.58. The molecule has 26 heavy (non-hydrogen) atoms. The van der Waals surface area contributed by atoms with E-state index in [1.807, 2.05) is 6.07 Å². The molecule has 4 rings (SSSR count). The van der Waals surface area contributed by atoms with E-state index in [2.05, 4.69) is 11.2 Å². The lowest BCUT2D eigenvalue weighted by atomic mass is 10.0. The highest BCUT2D eigenvalue weighted by Crippen LogP contribution is 2.28. The van der Waals surface area contributed by atoms with E-state index in [-0.39, 0.29) is 19.0 Å². The summed E-state index contributed by atoms with van der Waals surface area (Å²) in [7, 11) is 0. The van der Waals surface area contributed by atoms with E-state index in [4.69, 9.17) is 13.7 Å². The Labute approximate surface area is 149 Å². The first-order valence-electron chi connectivity index (χ1n) is 8.67. The number of aryl methyl sites for hydroxylation is 4. The number of nitrogens with zero attached hydrogens (tertiary/aromatic N) is 1. The number of aromatic nitrogens is 1. The van der Waals surface area contributed by atoms with Crippen molar-refractivity contribution in [1.82, 2.24) is 5.16 Å². The van der Waals surface area contributed by atoms with Gasteiger partial charge < -0.3 is 13.7 Å². The second kappa shape index (κ2) is 6.44. The summed E-state index contributed by atoms with van der Waals surface area (Å²) in [5.74, 6) is 0.225. The van der Waals surface area contributed by atoms with Crippen LogP contribution in [-0.4, -0.2) is 11.1 Å². The van der Waals surface area contributed by atoms with Crippen LogP contribution < -0.4 is 5.63 Å². The smallest absolute Gasteiger partial charge is 0.336 e. The maximum atomic E-state index is 12.2. The van der Waals surface area contributed by atoms with Crippen LogP contribution in [0.2, 0.25) is 0 Å². The SMILES string of the molecule is Cc1noc(C)c1CC(=O)OCc1cc(=O)oc2cc3c(cc12)CCC3. The summed E-state index contributed by atoms with van der Waals surface area (Å²) >= 11 is 0. The lowest BCUT2D eigenvalue weighted by molar-refractivity contribution is -0.144. The Hall–Kier alpha value is -2.89. The highest BCUT2D eigenvalue weighted by Gasteiger charge is 2.17. The molecule has 0 amide bonds. The fraction of sp³-hybridized carbons (Fsp3) is 0.350. The molecule has 3 aromatic rings. The van der Waals surface area contributed by atoms with Crippen molar-refractivity contribution in [3.63, 3.8) is 0 Å². The molecule has 1 aromatic carbocycles. The van der Waals surface area contributed by atoms with Crippen LogP contribution in [0.5, 0.6) is 0 Å². The maximum absolute atomic E-state index is 12.2. The van der Waals surface area contributed by atoms with Crippen molar-refractivity contribution in [3.8, 4) is 0 Å². The summed E-state index contributed by atoms with van der Waals surface area (Å²) in [6, 6.07) is 5.39. The minimum absolute atomic E-state index is 0.0308. The molecular formula is C20H19NO5. The number of esters is 1. The Morgan fingerprint density at radius 1 is 1.19 bits per heavy atom. The van der Waals surface area contributed by atoms with Gasteiger partial charge in [0.1, 0.15) is 18.0 Å². The van der Waals surface area contributed by atoms with Crippen LogP contribution in [0.15, 0.2) is 31.9 Å². The lowest BCUT2D eigenvalue weighted by Crippen LogP contribution is -2.11. The topological polar surface area (TPSA) is 82.5 Å². The van der Waals surface area contributed by atoms with Gasteiger partial charge in [-0.25, -0.2) is 4.79 Å². The first-order valence-corrected chi connectivity index (χ1v) is 8.67. The number of hydrogen-bond donors (Lipinski definition) is 0. The molecular weight excluding hydrogens is 334 g/mol. The van der Waals surface area contributed by atoms with Gasteiger partial charge in [0.2, 0.25) is 0 Å². The second-order valence-electron chi connectivity index (χ2n) is 6.70. The van der Waals surface area contributed by atoms with Crippen molar-refractivity contribution in [3.05, 3.63) is 62.3 Å². The molecule has 134 valence electrons. The van der Waals surface area contributed by atoms with Gasteiger partial charge in [-0.15, -0.1) is 0 Å². The van der Waals surface area contributed by atoms with Crippen molar-refractivity contribution in [2.24, 2.45) is 0 Å². The molecule has 1 aliphatic rings. The van der Waals surface area contributed by atoms with E-state index >= 15 is 0 Å². The molecule has 0 spiro atoms. The van der Waals surface area contributed by atoms with Gasteiger partial charge in [-0.05, 0) is 56.4 Å². The monoisotopic (exact) mass is 353 g/mol. The van der Waals surface area contributed by atoms with Crippen molar-refractivity contribution in [1.29, 1.82) is 0 Å². The van der Waals surface area contributed by atoms with Crippen LogP contribution in [0.3, 0.4) is 0 Å². The summed E-state index contributed by atoms with van der Waals surface area (Å²) in [5.41, 5.74) is 4.70. The molecule has 0 N–H and O–H groups in total. The van der Waals surface area contributed by atoms with Crippen LogP contribution in [0.4, 0.5) is 0 Å². The molecule has 6 heteroatoms. The van der Waals surface area contributed by atoms with Crippen molar-refractivity contribution in [2.45, 2.75) is 46.1 Å². The van der Waals surface area contributed by atoms with Gasteiger partial charge in [0.15, 0.2) is 0 Å². The van der Waals surface area contributed by atoms with Crippen LogP contribution >= 0.6 is 0 Å². The molecule has 0 fully saturated rings. The fourth-order valence-electron chi connectivity index (χ4n) is 3.52. The van der Waals surface area contributed by atoms with Gasteiger partial charge in [-0.2, -0.15) is 0 Å². The zero-order chi connectivity index (χ0) is 18.3. The van der Waals surface area contributed by atoms with E-state index in [9.17, 15) is 9.59 Å². The van der Waals surface area contributed by atoms with Gasteiger partial charge in [-0.3, -0.25) is 4.79 Å². The summed E-state index contributed by atoms with van der Waals surface area (Å²) in [6.07, 6.45) is 3.23. The third-order valence-electron chi connectivity index (χ3n) is 4.93. The van der Waals surface area contributed by atoms with Gasteiger partial charge >= 0.3 is 11.6 Å². The zero-order valence-electron chi connectivity index (χ0n) is 14.8. The first kappa shape index (κ1) is 16.6. The van der Waals surface area contributed by atoms with Gasteiger partial charge in [-0.1, -0.05) is 5.16 Å². The quantitative estimate of drug-likeness (QED) is 0.529. The van der Waals surface area contributed by atoms with E-state index in [0.29, 0.717) is 22.6 Å². The third-order valence-corrected chi connectivity index (χ3v) is 4.93. The highest BCUT2D eigenvalue weighted by atomic mass is 16.5. The van der Waals surface area contributed by atoms with E-state index in [1.165, 1.54) is 17.2 Å². The average molecular weight is 353 g/mol. The van der Waals surface area contributed by atoms with Gasteiger partial charge in [0.05, 0.1) is 12.1 Å². The maximum Gasteiger partial charge on any atom is 0.336 e. The Balaban J connectivity index is 1.57. The summed E-state index contributed by atoms with van der Waals surface area (Å²) in [4.78, 5) is 24.1. The largest absolute Gasteiger partial charge is 0.461 e. The number of ether oxygens (including phenoxy) is 1. The Morgan fingerprint density at radius 3 is 2.69 bits per heavy atom. The number of benzene rings is 1. The molecule has 0 saturated carbocycles. The number of hydrogen-bond acceptors (Lipinski definition) is 6. The zero-order valence-corrected chi connectivity index (χ0v) is 14.8. The molecule has 6 nitrogen and oxygen atoms in total. The highest BCUT2D eigenvalue weighted by molar-refractivity contribution is 5.82. The molecule has 0 saturated heterocycles. The van der Waals surface area contributed by atoms with Crippen LogP contribution in [0.25, 0.3) is 11.0 Å². The molecule has 2 heterocycles. The van der Waals surface area contributed by atoms with Crippen LogP contribution in [0, 0.1) is 13.8 Å². The normalized spacial score (nSPS) is 13.2. The summed E-state index contributed by atoms with van der Waals surface area (Å²) in [5, 5.41) is 4.67. The molecule has 0 radical (unpaired) electrons. The molecule has 1 aliphatic carbocycles. The van der Waals surface area contributed by atoms with Crippen LogP contribution in [0.1, 0.15) is 40.1 Å². The fourth-order valence-corrected chi connectivity index (χ4v) is 3.52. The third kappa shape index (κ3) is 3.03. The minimum atomic E-state index is -0.438. The number of rotatable bonds is 4. The van der Waals surface area contributed by atoms with Crippen molar-refractivity contribution >= 4 is 16.9 Å². The van der Waals surface area contributed by atoms with E-state index < -0.39 is 5.63 Å². The molecule has 0 aliphatic heterocycles. The Kier molecular flexibility index (Phi) is 4.11.